The van der Waals surface area contributed by atoms with E-state index < -0.39 is 33.9 Å². The summed E-state index contributed by atoms with van der Waals surface area (Å²) >= 11 is 5.73. The highest BCUT2D eigenvalue weighted by molar-refractivity contribution is 6.32. The summed E-state index contributed by atoms with van der Waals surface area (Å²) in [4.78, 5) is 36.8. The highest BCUT2D eigenvalue weighted by atomic mass is 35.5. The molecule has 1 aromatic heterocycles. The molecule has 0 saturated carbocycles. The second-order valence-corrected chi connectivity index (χ2v) is 5.76. The number of carboxylic acid groups (broad SMARTS) is 1. The van der Waals surface area contributed by atoms with Crippen molar-refractivity contribution in [1.29, 1.82) is 0 Å². The number of aromatic nitrogens is 1. The fraction of sp³-hybridized carbons (Fsp3) is 0.417. The Kier molecular flexibility index (Phi) is 4.84. The van der Waals surface area contributed by atoms with Crippen LogP contribution in [0.1, 0.15) is 31.1 Å². The number of nitrogens with one attached hydrogen (secondary N) is 1. The smallest absolute Gasteiger partial charge is 0.326 e. The average Bonchev–Trinajstić information content (AvgIpc) is 2.33. The van der Waals surface area contributed by atoms with Crippen molar-refractivity contribution in [2.45, 2.75) is 26.8 Å². The van der Waals surface area contributed by atoms with Crippen molar-refractivity contribution in [2.75, 3.05) is 0 Å². The van der Waals surface area contributed by atoms with Crippen molar-refractivity contribution < 1.29 is 19.6 Å². The lowest BCUT2D eigenvalue weighted by atomic mass is 9.86. The van der Waals surface area contributed by atoms with Gasteiger partial charge in [0.15, 0.2) is 0 Å². The highest BCUT2D eigenvalue weighted by Crippen LogP contribution is 2.22. The molecule has 9 heteroatoms. The number of aliphatic carboxylic acids is 1. The minimum atomic E-state index is -1.22. The van der Waals surface area contributed by atoms with Gasteiger partial charge in [-0.3, -0.25) is 14.9 Å². The maximum absolute atomic E-state index is 12.1. The van der Waals surface area contributed by atoms with Crippen LogP contribution in [-0.4, -0.2) is 32.9 Å². The Morgan fingerprint density at radius 3 is 2.48 bits per heavy atom. The van der Waals surface area contributed by atoms with Gasteiger partial charge in [0.05, 0.1) is 10.5 Å². The third-order valence-corrected chi connectivity index (χ3v) is 2.97. The van der Waals surface area contributed by atoms with Crippen LogP contribution in [0.5, 0.6) is 0 Å². The predicted molar refractivity (Wildman–Crippen MR) is 74.2 cm³/mol. The number of carbonyl (C=O) groups excluding carboxylic acids is 1. The SMILES string of the molecule is CC(C)(C)C(NC(=O)c1cc([N+](=O)[O-])cnc1Cl)C(=O)O. The van der Waals surface area contributed by atoms with Gasteiger partial charge in [-0.05, 0) is 5.41 Å². The number of carbonyl (C=O) groups is 2. The van der Waals surface area contributed by atoms with E-state index in [0.29, 0.717) is 0 Å². The minimum absolute atomic E-state index is 0.240. The van der Waals surface area contributed by atoms with Gasteiger partial charge in [-0.25, -0.2) is 9.78 Å². The fourth-order valence-corrected chi connectivity index (χ4v) is 1.74. The molecule has 0 aliphatic heterocycles. The summed E-state index contributed by atoms with van der Waals surface area (Å²) < 4.78 is 0. The third-order valence-electron chi connectivity index (χ3n) is 2.67. The first-order valence-corrected chi connectivity index (χ1v) is 6.25. The third kappa shape index (κ3) is 4.12. The van der Waals surface area contributed by atoms with E-state index in [1.54, 1.807) is 20.8 Å². The lowest BCUT2D eigenvalue weighted by Crippen LogP contribution is -2.49. The van der Waals surface area contributed by atoms with Crippen LogP contribution in [0.3, 0.4) is 0 Å². The molecule has 21 heavy (non-hydrogen) atoms. The molecule has 0 saturated heterocycles. The van der Waals surface area contributed by atoms with Crippen molar-refractivity contribution in [3.63, 3.8) is 0 Å². The second kappa shape index (κ2) is 6.04. The Morgan fingerprint density at radius 1 is 1.48 bits per heavy atom. The maximum Gasteiger partial charge on any atom is 0.326 e. The van der Waals surface area contributed by atoms with Gasteiger partial charge in [0.25, 0.3) is 11.6 Å². The number of nitrogens with zero attached hydrogens (tertiary/aromatic N) is 2. The summed E-state index contributed by atoms with van der Waals surface area (Å²) in [7, 11) is 0. The van der Waals surface area contributed by atoms with Gasteiger partial charge >= 0.3 is 5.97 Å². The molecule has 8 nitrogen and oxygen atoms in total. The van der Waals surface area contributed by atoms with E-state index in [-0.39, 0.29) is 10.7 Å². The molecule has 0 aliphatic rings. The average molecular weight is 316 g/mol. The number of hydrogen-bond donors (Lipinski definition) is 2. The first-order valence-electron chi connectivity index (χ1n) is 5.87. The van der Waals surface area contributed by atoms with Gasteiger partial charge in [0.1, 0.15) is 17.4 Å². The summed E-state index contributed by atoms with van der Waals surface area (Å²) in [5.74, 6) is -2.05. The largest absolute Gasteiger partial charge is 0.480 e. The number of amides is 1. The van der Waals surface area contributed by atoms with Crippen LogP contribution in [0, 0.1) is 15.5 Å². The van der Waals surface area contributed by atoms with E-state index in [9.17, 15) is 19.7 Å². The molecule has 0 radical (unpaired) electrons. The molecule has 1 heterocycles. The van der Waals surface area contributed by atoms with E-state index in [1.807, 2.05) is 0 Å². The van der Waals surface area contributed by atoms with E-state index >= 15 is 0 Å². The number of pyridine rings is 1. The standard InChI is InChI=1S/C12H14ClN3O5/c1-12(2,3)8(11(18)19)15-10(17)7-4-6(16(20)21)5-14-9(7)13/h4-5,8H,1-3H3,(H,15,17)(H,18,19). The Labute approximate surface area is 125 Å². The Morgan fingerprint density at radius 2 is 2.05 bits per heavy atom. The van der Waals surface area contributed by atoms with Gasteiger partial charge in [-0.15, -0.1) is 0 Å². The van der Waals surface area contributed by atoms with E-state index in [2.05, 4.69) is 10.3 Å². The fourth-order valence-electron chi connectivity index (χ4n) is 1.55. The van der Waals surface area contributed by atoms with Crippen molar-refractivity contribution in [1.82, 2.24) is 10.3 Å². The van der Waals surface area contributed by atoms with Gasteiger partial charge < -0.3 is 10.4 Å². The molecular weight excluding hydrogens is 302 g/mol. The van der Waals surface area contributed by atoms with Crippen LogP contribution >= 0.6 is 11.6 Å². The normalized spacial score (nSPS) is 12.6. The zero-order chi connectivity index (χ0) is 16.4. The molecule has 1 aromatic rings. The maximum atomic E-state index is 12.1. The van der Waals surface area contributed by atoms with Crippen LogP contribution in [0.4, 0.5) is 5.69 Å². The lowest BCUT2D eigenvalue weighted by molar-refractivity contribution is -0.385. The van der Waals surface area contributed by atoms with Crippen molar-refractivity contribution in [2.24, 2.45) is 5.41 Å². The molecule has 1 amide bonds. The van der Waals surface area contributed by atoms with E-state index in [0.717, 1.165) is 12.3 Å². The molecule has 0 aromatic carbocycles. The zero-order valence-corrected chi connectivity index (χ0v) is 12.3. The Bertz CT molecular complexity index is 597. The molecule has 0 aliphatic carbocycles. The quantitative estimate of drug-likeness (QED) is 0.497. The lowest BCUT2D eigenvalue weighted by Gasteiger charge is -2.27. The Hall–Kier alpha value is -2.22. The summed E-state index contributed by atoms with van der Waals surface area (Å²) in [6.45, 7) is 4.91. The molecule has 2 N–H and O–H groups in total. The minimum Gasteiger partial charge on any atom is -0.480 e. The Balaban J connectivity index is 3.11. The molecule has 0 bridgehead atoms. The first-order chi connectivity index (χ1) is 9.54. The van der Waals surface area contributed by atoms with E-state index in [4.69, 9.17) is 16.7 Å². The number of carboxylic acids is 1. The first kappa shape index (κ1) is 16.8. The van der Waals surface area contributed by atoms with Crippen LogP contribution in [0.2, 0.25) is 5.15 Å². The topological polar surface area (TPSA) is 122 Å². The number of rotatable bonds is 4. The molecule has 1 unspecified atom stereocenters. The summed E-state index contributed by atoms with van der Waals surface area (Å²) in [6.07, 6.45) is 0.914. The van der Waals surface area contributed by atoms with Crippen LogP contribution in [0.15, 0.2) is 12.3 Å². The second-order valence-electron chi connectivity index (χ2n) is 5.40. The molecule has 114 valence electrons. The molecule has 1 rings (SSSR count). The van der Waals surface area contributed by atoms with Crippen LogP contribution < -0.4 is 5.32 Å². The monoisotopic (exact) mass is 315 g/mol. The van der Waals surface area contributed by atoms with Gasteiger partial charge in [0, 0.05) is 6.07 Å². The summed E-state index contributed by atoms with van der Waals surface area (Å²) in [6, 6.07) is -0.230. The van der Waals surface area contributed by atoms with Gasteiger partial charge in [0.2, 0.25) is 0 Å². The van der Waals surface area contributed by atoms with Crippen LogP contribution in [-0.2, 0) is 4.79 Å². The summed E-state index contributed by atoms with van der Waals surface area (Å²) in [5.41, 5.74) is -1.41. The van der Waals surface area contributed by atoms with Crippen molar-refractivity contribution >= 4 is 29.2 Å². The van der Waals surface area contributed by atoms with Crippen molar-refractivity contribution in [3.8, 4) is 0 Å². The molecule has 1 atom stereocenters. The van der Waals surface area contributed by atoms with Gasteiger partial charge in [-0.2, -0.15) is 0 Å². The number of halogens is 1. The molecular formula is C12H14ClN3O5. The zero-order valence-electron chi connectivity index (χ0n) is 11.6. The highest BCUT2D eigenvalue weighted by Gasteiger charge is 2.33. The van der Waals surface area contributed by atoms with E-state index in [1.165, 1.54) is 0 Å². The van der Waals surface area contributed by atoms with Crippen LogP contribution in [0.25, 0.3) is 0 Å². The summed E-state index contributed by atoms with van der Waals surface area (Å²) in [5, 5.41) is 21.9. The molecule has 0 spiro atoms. The van der Waals surface area contributed by atoms with Crippen molar-refractivity contribution in [3.05, 3.63) is 33.1 Å². The van der Waals surface area contributed by atoms with Gasteiger partial charge in [-0.1, -0.05) is 32.4 Å². The number of hydrogen-bond acceptors (Lipinski definition) is 5. The number of nitro groups is 1. The predicted octanol–water partition coefficient (Wildman–Crippen LogP) is 1.87. The molecule has 0 fully saturated rings.